The summed E-state index contributed by atoms with van der Waals surface area (Å²) in [6, 6.07) is 13.8. The predicted molar refractivity (Wildman–Crippen MR) is 106 cm³/mol. The highest BCUT2D eigenvalue weighted by Gasteiger charge is 2.10. The normalized spacial score (nSPS) is 10.9. The first kappa shape index (κ1) is 18.6. The number of hydrogen-bond acceptors (Lipinski definition) is 3. The molecule has 0 aliphatic heterocycles. The quantitative estimate of drug-likeness (QED) is 0.631. The zero-order chi connectivity index (χ0) is 19.2. The average Bonchev–Trinajstić information content (AvgIpc) is 2.66. The van der Waals surface area contributed by atoms with Crippen LogP contribution in [0.2, 0.25) is 0 Å². The van der Waals surface area contributed by atoms with E-state index in [1.54, 1.807) is 48.5 Å². The molecular formula is C21H23N3O3. The lowest BCUT2D eigenvalue weighted by atomic mass is 10.1. The summed E-state index contributed by atoms with van der Waals surface area (Å²) >= 11 is 0. The second-order valence-electron chi connectivity index (χ2n) is 6.52. The molecule has 0 bridgehead atoms. The van der Waals surface area contributed by atoms with Gasteiger partial charge in [-0.1, -0.05) is 44.0 Å². The summed E-state index contributed by atoms with van der Waals surface area (Å²) in [5.74, 6) is -0.0282. The van der Waals surface area contributed by atoms with E-state index in [-0.39, 0.29) is 17.9 Å². The lowest BCUT2D eigenvalue weighted by Gasteiger charge is -2.08. The first-order valence-corrected chi connectivity index (χ1v) is 9.20. The van der Waals surface area contributed by atoms with Gasteiger partial charge < -0.3 is 10.3 Å². The van der Waals surface area contributed by atoms with E-state index in [1.807, 2.05) is 0 Å². The van der Waals surface area contributed by atoms with Gasteiger partial charge in [0, 0.05) is 6.54 Å². The Kier molecular flexibility index (Phi) is 5.86. The minimum atomic E-state index is -0.486. The third-order valence-corrected chi connectivity index (χ3v) is 4.47. The van der Waals surface area contributed by atoms with Crippen molar-refractivity contribution < 1.29 is 4.79 Å². The van der Waals surface area contributed by atoms with E-state index in [4.69, 9.17) is 0 Å². The van der Waals surface area contributed by atoms with Crippen molar-refractivity contribution >= 4 is 16.8 Å². The second kappa shape index (κ2) is 8.49. The number of fused-ring (bicyclic) bond motifs is 1. The summed E-state index contributed by atoms with van der Waals surface area (Å²) < 4.78 is 1.11. The van der Waals surface area contributed by atoms with Crippen LogP contribution in [0.15, 0.2) is 58.1 Å². The van der Waals surface area contributed by atoms with E-state index in [1.165, 1.54) is 0 Å². The van der Waals surface area contributed by atoms with Crippen molar-refractivity contribution in [3.63, 3.8) is 0 Å². The van der Waals surface area contributed by atoms with E-state index < -0.39 is 5.69 Å². The van der Waals surface area contributed by atoms with Gasteiger partial charge >= 0.3 is 5.69 Å². The molecule has 0 radical (unpaired) electrons. The monoisotopic (exact) mass is 365 g/mol. The molecule has 0 aliphatic carbocycles. The molecule has 2 N–H and O–H groups in total. The van der Waals surface area contributed by atoms with E-state index in [2.05, 4.69) is 17.2 Å². The molecule has 0 saturated heterocycles. The minimum Gasteiger partial charge on any atom is -0.356 e. The molecule has 0 atom stereocenters. The topological polar surface area (TPSA) is 84.0 Å². The van der Waals surface area contributed by atoms with Gasteiger partial charge in [0.05, 0.1) is 23.0 Å². The smallest absolute Gasteiger partial charge is 0.333 e. The highest BCUT2D eigenvalue weighted by Crippen LogP contribution is 2.09. The SMILES string of the molecule is CCCCCNC(=O)Cc1ccc(-n2c(=O)[nH]c3ccccc3c2=O)cc1. The number of unbranched alkanes of at least 4 members (excludes halogenated alkanes) is 2. The minimum absolute atomic E-state index is 0.0282. The number of H-pyrrole nitrogens is 1. The highest BCUT2D eigenvalue weighted by atomic mass is 16.2. The van der Waals surface area contributed by atoms with Crippen LogP contribution in [0.1, 0.15) is 31.7 Å². The summed E-state index contributed by atoms with van der Waals surface area (Å²) in [5.41, 5.74) is 0.965. The molecule has 1 aromatic heterocycles. The van der Waals surface area contributed by atoms with Crippen molar-refractivity contribution in [2.24, 2.45) is 0 Å². The van der Waals surface area contributed by atoms with E-state index in [0.717, 1.165) is 29.4 Å². The molecule has 0 unspecified atom stereocenters. The number of aromatic nitrogens is 2. The van der Waals surface area contributed by atoms with Gasteiger partial charge in [0.15, 0.2) is 0 Å². The molecule has 0 saturated carbocycles. The molecule has 3 aromatic rings. The van der Waals surface area contributed by atoms with Gasteiger partial charge in [-0.3, -0.25) is 9.59 Å². The lowest BCUT2D eigenvalue weighted by molar-refractivity contribution is -0.120. The van der Waals surface area contributed by atoms with Crippen LogP contribution in [-0.4, -0.2) is 22.0 Å². The Bertz CT molecular complexity index is 1050. The predicted octanol–water partition coefficient (Wildman–Crippen LogP) is 2.53. The van der Waals surface area contributed by atoms with Crippen LogP contribution in [0.5, 0.6) is 0 Å². The van der Waals surface area contributed by atoms with Crippen LogP contribution in [-0.2, 0) is 11.2 Å². The van der Waals surface area contributed by atoms with Crippen LogP contribution < -0.4 is 16.6 Å². The highest BCUT2D eigenvalue weighted by molar-refractivity contribution is 5.79. The molecule has 1 amide bonds. The number of nitrogens with zero attached hydrogens (tertiary/aromatic N) is 1. The number of carbonyl (C=O) groups is 1. The van der Waals surface area contributed by atoms with Crippen molar-refractivity contribution in [3.8, 4) is 5.69 Å². The number of nitrogens with one attached hydrogen (secondary N) is 2. The van der Waals surface area contributed by atoms with Crippen molar-refractivity contribution in [3.05, 3.63) is 74.9 Å². The lowest BCUT2D eigenvalue weighted by Crippen LogP contribution is -2.33. The summed E-state index contributed by atoms with van der Waals surface area (Å²) in [7, 11) is 0. The van der Waals surface area contributed by atoms with Gasteiger partial charge in [-0.2, -0.15) is 0 Å². The average molecular weight is 365 g/mol. The van der Waals surface area contributed by atoms with Crippen LogP contribution in [0.25, 0.3) is 16.6 Å². The second-order valence-corrected chi connectivity index (χ2v) is 6.52. The van der Waals surface area contributed by atoms with Crippen LogP contribution in [0, 0.1) is 0 Å². The number of aromatic amines is 1. The maximum Gasteiger partial charge on any atom is 0.333 e. The summed E-state index contributed by atoms with van der Waals surface area (Å²) in [6.07, 6.45) is 3.47. The first-order chi connectivity index (χ1) is 13.1. The number of carbonyl (C=O) groups excluding carboxylic acids is 1. The third-order valence-electron chi connectivity index (χ3n) is 4.47. The fourth-order valence-electron chi connectivity index (χ4n) is 3.01. The summed E-state index contributed by atoms with van der Waals surface area (Å²) in [6.45, 7) is 2.81. The Morgan fingerprint density at radius 2 is 1.78 bits per heavy atom. The van der Waals surface area contributed by atoms with E-state index in [9.17, 15) is 14.4 Å². The Hall–Kier alpha value is -3.15. The summed E-state index contributed by atoms with van der Waals surface area (Å²) in [4.78, 5) is 39.7. The zero-order valence-electron chi connectivity index (χ0n) is 15.3. The molecule has 3 rings (SSSR count). The number of amides is 1. The van der Waals surface area contributed by atoms with Crippen LogP contribution >= 0.6 is 0 Å². The van der Waals surface area contributed by atoms with Gasteiger partial charge in [-0.25, -0.2) is 9.36 Å². The van der Waals surface area contributed by atoms with Gasteiger partial charge in [0.25, 0.3) is 5.56 Å². The van der Waals surface area contributed by atoms with Gasteiger partial charge in [0.2, 0.25) is 5.91 Å². The fourth-order valence-corrected chi connectivity index (χ4v) is 3.01. The van der Waals surface area contributed by atoms with E-state index >= 15 is 0 Å². The van der Waals surface area contributed by atoms with Gasteiger partial charge in [0.1, 0.15) is 0 Å². The number of rotatable bonds is 7. The fraction of sp³-hybridized carbons (Fsp3) is 0.286. The molecule has 0 spiro atoms. The number of hydrogen-bond donors (Lipinski definition) is 2. The Morgan fingerprint density at radius 1 is 1.04 bits per heavy atom. The van der Waals surface area contributed by atoms with Gasteiger partial charge in [-0.05, 0) is 36.2 Å². The Balaban J connectivity index is 1.78. The Morgan fingerprint density at radius 3 is 2.52 bits per heavy atom. The molecular weight excluding hydrogens is 342 g/mol. The molecule has 2 aromatic carbocycles. The van der Waals surface area contributed by atoms with Crippen molar-refractivity contribution in [1.82, 2.24) is 14.9 Å². The third kappa shape index (κ3) is 4.34. The largest absolute Gasteiger partial charge is 0.356 e. The van der Waals surface area contributed by atoms with E-state index in [0.29, 0.717) is 23.1 Å². The van der Waals surface area contributed by atoms with Gasteiger partial charge in [-0.15, -0.1) is 0 Å². The molecule has 6 nitrogen and oxygen atoms in total. The molecule has 27 heavy (non-hydrogen) atoms. The van der Waals surface area contributed by atoms with Crippen LogP contribution in [0.3, 0.4) is 0 Å². The number of para-hydroxylation sites is 1. The molecule has 140 valence electrons. The van der Waals surface area contributed by atoms with Crippen molar-refractivity contribution in [2.45, 2.75) is 32.6 Å². The standard InChI is InChI=1S/C21H23N3O3/c1-2-3-6-13-22-19(25)14-15-9-11-16(12-10-15)24-20(26)17-7-4-5-8-18(17)23-21(24)27/h4-5,7-12H,2-3,6,13-14H2,1H3,(H,22,25)(H,23,27). The molecule has 0 fully saturated rings. The number of benzene rings is 2. The Labute approximate surface area is 156 Å². The molecule has 1 heterocycles. The molecule has 6 heteroatoms. The zero-order valence-corrected chi connectivity index (χ0v) is 15.3. The van der Waals surface area contributed by atoms with Crippen LogP contribution in [0.4, 0.5) is 0 Å². The summed E-state index contributed by atoms with van der Waals surface area (Å²) in [5, 5.41) is 3.35. The first-order valence-electron chi connectivity index (χ1n) is 9.20. The van der Waals surface area contributed by atoms with Crippen molar-refractivity contribution in [2.75, 3.05) is 6.54 Å². The maximum atomic E-state index is 12.7. The molecule has 0 aliphatic rings. The van der Waals surface area contributed by atoms with Crippen molar-refractivity contribution in [1.29, 1.82) is 0 Å². The maximum absolute atomic E-state index is 12.7.